The van der Waals surface area contributed by atoms with E-state index in [1.54, 1.807) is 0 Å². The van der Waals surface area contributed by atoms with Gasteiger partial charge in [-0.1, -0.05) is 26.2 Å². The Balaban J connectivity index is 1.93. The second-order valence-corrected chi connectivity index (χ2v) is 6.69. The highest BCUT2D eigenvalue weighted by Gasteiger charge is 2.52. The molecule has 1 fully saturated rings. The molecule has 0 unspecified atom stereocenters. The van der Waals surface area contributed by atoms with Crippen molar-refractivity contribution >= 4 is 12.6 Å². The molecule has 0 saturated carbocycles. The van der Waals surface area contributed by atoms with Crippen molar-refractivity contribution in [1.82, 2.24) is 9.78 Å². The van der Waals surface area contributed by atoms with Gasteiger partial charge in [-0.25, -0.2) is 0 Å². The van der Waals surface area contributed by atoms with Gasteiger partial charge >= 0.3 is 7.12 Å². The Morgan fingerprint density at radius 2 is 1.75 bits per heavy atom. The maximum atomic E-state index is 6.03. The molecular formula is C15H27BN2O2. The van der Waals surface area contributed by atoms with Crippen LogP contribution in [-0.2, 0) is 15.9 Å². The second kappa shape index (κ2) is 5.90. The molecule has 0 bridgehead atoms. The van der Waals surface area contributed by atoms with E-state index in [0.29, 0.717) is 0 Å². The highest BCUT2D eigenvalue weighted by Crippen LogP contribution is 2.36. The summed E-state index contributed by atoms with van der Waals surface area (Å²) in [5.41, 5.74) is 0.432. The zero-order valence-electron chi connectivity index (χ0n) is 13.5. The zero-order chi connectivity index (χ0) is 14.8. The van der Waals surface area contributed by atoms with Crippen molar-refractivity contribution in [2.45, 2.75) is 78.0 Å². The van der Waals surface area contributed by atoms with E-state index in [-0.39, 0.29) is 18.3 Å². The van der Waals surface area contributed by atoms with Crippen molar-refractivity contribution < 1.29 is 9.31 Å². The molecule has 0 N–H and O–H groups in total. The van der Waals surface area contributed by atoms with E-state index in [4.69, 9.17) is 9.31 Å². The number of nitrogens with zero attached hydrogens (tertiary/aromatic N) is 2. The number of hydrogen-bond donors (Lipinski definition) is 0. The third-order valence-corrected chi connectivity index (χ3v) is 4.42. The predicted molar refractivity (Wildman–Crippen MR) is 82.1 cm³/mol. The van der Waals surface area contributed by atoms with Crippen molar-refractivity contribution in [1.29, 1.82) is 0 Å². The van der Waals surface area contributed by atoms with Gasteiger partial charge in [0.1, 0.15) is 0 Å². The highest BCUT2D eigenvalue weighted by atomic mass is 16.7. The minimum atomic E-state index is -0.301. The summed E-state index contributed by atoms with van der Waals surface area (Å²) in [5.74, 6) is 0. The summed E-state index contributed by atoms with van der Waals surface area (Å²) < 4.78 is 14.1. The van der Waals surface area contributed by atoms with Crippen LogP contribution in [0, 0.1) is 0 Å². The van der Waals surface area contributed by atoms with Gasteiger partial charge in [0.15, 0.2) is 0 Å². The standard InChI is InChI=1S/C15H27BN2O2/c1-6-7-8-9-10-18-12-13(11-17-18)16-19-14(2,3)15(4,5)20-16/h11-12H,6-10H2,1-5H3. The molecule has 20 heavy (non-hydrogen) atoms. The Hall–Kier alpha value is -0.805. The van der Waals surface area contributed by atoms with Gasteiger partial charge in [0.2, 0.25) is 0 Å². The van der Waals surface area contributed by atoms with Crippen LogP contribution in [0.4, 0.5) is 0 Å². The lowest BCUT2D eigenvalue weighted by molar-refractivity contribution is 0.00578. The molecular weight excluding hydrogens is 251 g/mol. The number of unbranched alkanes of at least 4 members (excludes halogenated alkanes) is 3. The van der Waals surface area contributed by atoms with Crippen molar-refractivity contribution in [3.05, 3.63) is 12.4 Å². The average Bonchev–Trinajstić information content (AvgIpc) is 2.89. The maximum Gasteiger partial charge on any atom is 0.498 e. The Labute approximate surface area is 123 Å². The summed E-state index contributed by atoms with van der Waals surface area (Å²) in [6, 6.07) is 0. The molecule has 0 amide bonds. The molecule has 0 radical (unpaired) electrons. The summed E-state index contributed by atoms with van der Waals surface area (Å²) in [6.07, 6.45) is 8.92. The summed E-state index contributed by atoms with van der Waals surface area (Å²) in [5, 5.41) is 4.41. The van der Waals surface area contributed by atoms with Crippen LogP contribution in [-0.4, -0.2) is 28.1 Å². The first-order chi connectivity index (χ1) is 9.36. The molecule has 0 spiro atoms. The summed E-state index contributed by atoms with van der Waals surface area (Å²) in [4.78, 5) is 0. The van der Waals surface area contributed by atoms with Crippen molar-refractivity contribution in [3.63, 3.8) is 0 Å². The fourth-order valence-electron chi connectivity index (χ4n) is 2.30. The van der Waals surface area contributed by atoms with Crippen molar-refractivity contribution in [2.24, 2.45) is 0 Å². The summed E-state index contributed by atoms with van der Waals surface area (Å²) >= 11 is 0. The van der Waals surface area contributed by atoms with Crippen LogP contribution in [0.1, 0.15) is 60.3 Å². The minimum absolute atomic E-state index is 0.291. The molecule has 5 heteroatoms. The number of rotatable bonds is 6. The molecule has 1 aliphatic heterocycles. The first kappa shape index (κ1) is 15.6. The highest BCUT2D eigenvalue weighted by molar-refractivity contribution is 6.61. The zero-order valence-corrected chi connectivity index (χ0v) is 13.5. The predicted octanol–water partition coefficient (Wildman–Crippen LogP) is 2.76. The van der Waals surface area contributed by atoms with Gasteiger partial charge in [0, 0.05) is 24.4 Å². The molecule has 1 aromatic rings. The number of hydrogen-bond acceptors (Lipinski definition) is 3. The third kappa shape index (κ3) is 3.26. The minimum Gasteiger partial charge on any atom is -0.399 e. The van der Waals surface area contributed by atoms with Crippen molar-refractivity contribution in [3.8, 4) is 0 Å². The van der Waals surface area contributed by atoms with Crippen LogP contribution in [0.5, 0.6) is 0 Å². The van der Waals surface area contributed by atoms with Gasteiger partial charge in [0.25, 0.3) is 0 Å². The van der Waals surface area contributed by atoms with E-state index < -0.39 is 0 Å². The Morgan fingerprint density at radius 3 is 2.35 bits per heavy atom. The SMILES string of the molecule is CCCCCCn1cc(B2OC(C)(C)C(C)(C)O2)cn1. The van der Waals surface area contributed by atoms with Gasteiger partial charge < -0.3 is 9.31 Å². The van der Waals surface area contributed by atoms with E-state index in [1.807, 2.05) is 17.1 Å². The van der Waals surface area contributed by atoms with Crippen LogP contribution in [0.25, 0.3) is 0 Å². The summed E-state index contributed by atoms with van der Waals surface area (Å²) in [7, 11) is -0.301. The normalized spacial score (nSPS) is 20.6. The van der Waals surface area contributed by atoms with Gasteiger partial charge in [-0.05, 0) is 34.1 Å². The fourth-order valence-corrected chi connectivity index (χ4v) is 2.30. The first-order valence-electron chi connectivity index (χ1n) is 7.74. The molecule has 2 heterocycles. The van der Waals surface area contributed by atoms with E-state index >= 15 is 0 Å². The van der Waals surface area contributed by atoms with E-state index in [1.165, 1.54) is 25.7 Å². The smallest absolute Gasteiger partial charge is 0.399 e. The second-order valence-electron chi connectivity index (χ2n) is 6.69. The number of aromatic nitrogens is 2. The monoisotopic (exact) mass is 278 g/mol. The topological polar surface area (TPSA) is 36.3 Å². The van der Waals surface area contributed by atoms with Crippen LogP contribution in [0.15, 0.2) is 12.4 Å². The van der Waals surface area contributed by atoms with Crippen LogP contribution < -0.4 is 5.46 Å². The van der Waals surface area contributed by atoms with Crippen LogP contribution >= 0.6 is 0 Å². The largest absolute Gasteiger partial charge is 0.498 e. The lowest BCUT2D eigenvalue weighted by Gasteiger charge is -2.32. The molecule has 4 nitrogen and oxygen atoms in total. The van der Waals surface area contributed by atoms with Gasteiger partial charge in [-0.2, -0.15) is 5.10 Å². The Bertz CT molecular complexity index is 427. The molecule has 2 rings (SSSR count). The third-order valence-electron chi connectivity index (χ3n) is 4.42. The van der Waals surface area contributed by atoms with E-state index in [9.17, 15) is 0 Å². The van der Waals surface area contributed by atoms with E-state index in [0.717, 1.165) is 12.0 Å². The molecule has 0 aromatic carbocycles. The summed E-state index contributed by atoms with van der Waals surface area (Å²) in [6.45, 7) is 11.5. The Morgan fingerprint density at radius 1 is 1.10 bits per heavy atom. The van der Waals surface area contributed by atoms with Crippen molar-refractivity contribution in [2.75, 3.05) is 0 Å². The van der Waals surface area contributed by atoms with Crippen LogP contribution in [0.2, 0.25) is 0 Å². The van der Waals surface area contributed by atoms with Crippen LogP contribution in [0.3, 0.4) is 0 Å². The lowest BCUT2D eigenvalue weighted by atomic mass is 9.82. The van der Waals surface area contributed by atoms with E-state index in [2.05, 4.69) is 39.7 Å². The lowest BCUT2D eigenvalue weighted by Crippen LogP contribution is -2.41. The molecule has 0 atom stereocenters. The Kier molecular flexibility index (Phi) is 4.60. The fraction of sp³-hybridized carbons (Fsp3) is 0.800. The molecule has 112 valence electrons. The first-order valence-corrected chi connectivity index (χ1v) is 7.74. The van der Waals surface area contributed by atoms with Gasteiger partial charge in [-0.15, -0.1) is 0 Å². The maximum absolute atomic E-state index is 6.03. The number of aryl methyl sites for hydroxylation is 1. The molecule has 1 saturated heterocycles. The molecule has 1 aliphatic rings. The quantitative estimate of drug-likeness (QED) is 0.593. The average molecular weight is 278 g/mol. The van der Waals surface area contributed by atoms with Gasteiger partial charge in [-0.3, -0.25) is 4.68 Å². The molecule has 1 aromatic heterocycles. The molecule has 0 aliphatic carbocycles. The van der Waals surface area contributed by atoms with Gasteiger partial charge in [0.05, 0.1) is 11.2 Å².